The molecule has 1 fully saturated rings. The van der Waals surface area contributed by atoms with Gasteiger partial charge in [-0.05, 0) is 23.6 Å². The first-order valence-electron chi connectivity index (χ1n) is 11.9. The summed E-state index contributed by atoms with van der Waals surface area (Å²) >= 11 is 0. The van der Waals surface area contributed by atoms with E-state index in [1.165, 1.54) is 10.8 Å². The Morgan fingerprint density at radius 3 is 1.92 bits per heavy atom. The number of nitrogens with zero attached hydrogens (tertiary/aromatic N) is 1. The van der Waals surface area contributed by atoms with Gasteiger partial charge in [-0.2, -0.15) is 0 Å². The fourth-order valence-electron chi connectivity index (χ4n) is 4.81. The van der Waals surface area contributed by atoms with E-state index in [1.54, 1.807) is 6.92 Å². The van der Waals surface area contributed by atoms with Gasteiger partial charge in [-0.3, -0.25) is 14.3 Å². The van der Waals surface area contributed by atoms with Gasteiger partial charge in [0.05, 0.1) is 12.7 Å². The third-order valence-corrected chi connectivity index (χ3v) is 6.67. The molecule has 0 bridgehead atoms. The standard InChI is InChI=1S/C29H28N2O5/c1-20-18-31(28(34)30-27(20)33)26-17-24(32)25(36-26)19-35-29(21-11-5-2-6-12-21,22-13-7-3-8-14-22)23-15-9-4-10-16-23/h2-16,18,24-26,32H,17,19H2,1H3,(H,30,33,34)/t24-,25+,26+/m0/s1. The van der Waals surface area contributed by atoms with Gasteiger partial charge in [0.25, 0.3) is 5.56 Å². The maximum atomic E-state index is 12.4. The molecule has 3 atom stereocenters. The third kappa shape index (κ3) is 4.44. The van der Waals surface area contributed by atoms with Crippen molar-refractivity contribution in [1.82, 2.24) is 9.55 Å². The Labute approximate surface area is 208 Å². The van der Waals surface area contributed by atoms with E-state index in [4.69, 9.17) is 9.47 Å². The molecule has 0 spiro atoms. The van der Waals surface area contributed by atoms with E-state index in [2.05, 4.69) is 4.98 Å². The highest BCUT2D eigenvalue weighted by atomic mass is 16.6. The molecule has 2 heterocycles. The molecule has 5 rings (SSSR count). The van der Waals surface area contributed by atoms with E-state index >= 15 is 0 Å². The molecule has 36 heavy (non-hydrogen) atoms. The Kier molecular flexibility index (Phi) is 6.69. The highest BCUT2D eigenvalue weighted by Gasteiger charge is 2.41. The number of aliphatic hydroxyl groups is 1. The van der Waals surface area contributed by atoms with Crippen molar-refractivity contribution in [2.24, 2.45) is 0 Å². The van der Waals surface area contributed by atoms with Crippen LogP contribution in [-0.2, 0) is 15.1 Å². The van der Waals surface area contributed by atoms with Gasteiger partial charge in [0.2, 0.25) is 0 Å². The van der Waals surface area contributed by atoms with Crippen molar-refractivity contribution in [2.75, 3.05) is 6.61 Å². The Balaban J connectivity index is 1.50. The van der Waals surface area contributed by atoms with Crippen molar-refractivity contribution in [3.8, 4) is 0 Å². The highest BCUT2D eigenvalue weighted by Crippen LogP contribution is 2.41. The lowest BCUT2D eigenvalue weighted by Gasteiger charge is -2.37. The van der Waals surface area contributed by atoms with Crippen LogP contribution in [-0.4, -0.2) is 33.5 Å². The van der Waals surface area contributed by atoms with Crippen LogP contribution in [0.5, 0.6) is 0 Å². The van der Waals surface area contributed by atoms with Crippen LogP contribution in [0.2, 0.25) is 0 Å². The topological polar surface area (TPSA) is 93.6 Å². The average Bonchev–Trinajstić information content (AvgIpc) is 3.28. The fourth-order valence-corrected chi connectivity index (χ4v) is 4.81. The molecular formula is C29H28N2O5. The molecule has 2 N–H and O–H groups in total. The molecule has 4 aromatic rings. The lowest BCUT2D eigenvalue weighted by Crippen LogP contribution is -2.38. The summed E-state index contributed by atoms with van der Waals surface area (Å²) in [6, 6.07) is 29.9. The molecular weight excluding hydrogens is 456 g/mol. The summed E-state index contributed by atoms with van der Waals surface area (Å²) < 4.78 is 14.2. The zero-order chi connectivity index (χ0) is 25.1. The number of rotatable bonds is 7. The van der Waals surface area contributed by atoms with Gasteiger partial charge < -0.3 is 14.6 Å². The lowest BCUT2D eigenvalue weighted by atomic mass is 9.80. The molecule has 7 nitrogen and oxygen atoms in total. The van der Waals surface area contributed by atoms with E-state index in [9.17, 15) is 14.7 Å². The van der Waals surface area contributed by atoms with Crippen LogP contribution in [0.15, 0.2) is 107 Å². The van der Waals surface area contributed by atoms with Crippen LogP contribution in [0.25, 0.3) is 0 Å². The van der Waals surface area contributed by atoms with Gasteiger partial charge in [-0.1, -0.05) is 91.0 Å². The molecule has 0 radical (unpaired) electrons. The van der Waals surface area contributed by atoms with Crippen LogP contribution in [0.1, 0.15) is 34.9 Å². The third-order valence-electron chi connectivity index (χ3n) is 6.67. The van der Waals surface area contributed by atoms with Gasteiger partial charge in [-0.25, -0.2) is 4.79 Å². The van der Waals surface area contributed by atoms with Gasteiger partial charge >= 0.3 is 5.69 Å². The molecule has 0 amide bonds. The van der Waals surface area contributed by atoms with Crippen LogP contribution in [0, 0.1) is 6.92 Å². The first kappa shape index (κ1) is 23.9. The van der Waals surface area contributed by atoms with Crippen molar-refractivity contribution in [3.05, 3.63) is 140 Å². The number of aryl methyl sites for hydroxylation is 1. The number of nitrogens with one attached hydrogen (secondary N) is 1. The minimum Gasteiger partial charge on any atom is -0.390 e. The van der Waals surface area contributed by atoms with Crippen molar-refractivity contribution >= 4 is 0 Å². The summed E-state index contributed by atoms with van der Waals surface area (Å²) in [4.78, 5) is 26.4. The first-order valence-corrected chi connectivity index (χ1v) is 11.9. The molecule has 3 aromatic carbocycles. The number of aromatic nitrogens is 2. The second-order valence-corrected chi connectivity index (χ2v) is 9.00. The van der Waals surface area contributed by atoms with Crippen molar-refractivity contribution in [2.45, 2.75) is 37.4 Å². The molecule has 7 heteroatoms. The van der Waals surface area contributed by atoms with E-state index < -0.39 is 35.3 Å². The zero-order valence-corrected chi connectivity index (χ0v) is 19.9. The first-order chi connectivity index (χ1) is 17.5. The maximum Gasteiger partial charge on any atom is 0.330 e. The molecule has 0 saturated carbocycles. The molecule has 1 aromatic heterocycles. The van der Waals surface area contributed by atoms with Crippen molar-refractivity contribution in [1.29, 1.82) is 0 Å². The molecule has 1 saturated heterocycles. The largest absolute Gasteiger partial charge is 0.390 e. The van der Waals surface area contributed by atoms with Gasteiger partial charge in [-0.15, -0.1) is 0 Å². The van der Waals surface area contributed by atoms with Crippen molar-refractivity contribution in [3.63, 3.8) is 0 Å². The number of ether oxygens (including phenoxy) is 2. The Morgan fingerprint density at radius 1 is 0.917 bits per heavy atom. The predicted octanol–water partition coefficient (Wildman–Crippen LogP) is 3.50. The van der Waals surface area contributed by atoms with Gasteiger partial charge in [0, 0.05) is 18.2 Å². The second kappa shape index (κ2) is 10.1. The van der Waals surface area contributed by atoms with Gasteiger partial charge in [0.15, 0.2) is 0 Å². The summed E-state index contributed by atoms with van der Waals surface area (Å²) in [7, 11) is 0. The monoisotopic (exact) mass is 484 g/mol. The summed E-state index contributed by atoms with van der Waals surface area (Å²) in [5, 5.41) is 10.9. The van der Waals surface area contributed by atoms with Gasteiger partial charge in [0.1, 0.15) is 17.9 Å². The van der Waals surface area contributed by atoms with Crippen molar-refractivity contribution < 1.29 is 14.6 Å². The fraction of sp³-hybridized carbons (Fsp3) is 0.241. The quantitative estimate of drug-likeness (QED) is 0.392. The zero-order valence-electron chi connectivity index (χ0n) is 19.9. The summed E-state index contributed by atoms with van der Waals surface area (Å²) in [6.07, 6.45) is -0.576. The van der Waals surface area contributed by atoms with Crippen LogP contribution < -0.4 is 11.2 Å². The molecule has 0 aliphatic carbocycles. The van der Waals surface area contributed by atoms with E-state index in [-0.39, 0.29) is 13.0 Å². The van der Waals surface area contributed by atoms with E-state index in [0.717, 1.165) is 16.7 Å². The SMILES string of the molecule is Cc1cn([C@H]2C[C@H](O)[C@@H](COC(c3ccccc3)(c3ccccc3)c3ccccc3)O2)c(=O)[nH]c1=O. The number of benzene rings is 3. The summed E-state index contributed by atoms with van der Waals surface area (Å²) in [5.74, 6) is 0. The van der Waals surface area contributed by atoms with E-state index in [0.29, 0.717) is 5.56 Å². The molecule has 1 aliphatic heterocycles. The molecule has 184 valence electrons. The van der Waals surface area contributed by atoms with Crippen LogP contribution >= 0.6 is 0 Å². The number of aromatic amines is 1. The molecule has 0 unspecified atom stereocenters. The lowest BCUT2D eigenvalue weighted by molar-refractivity contribution is -0.0944. The second-order valence-electron chi connectivity index (χ2n) is 9.00. The maximum absolute atomic E-state index is 12.4. The smallest absolute Gasteiger partial charge is 0.330 e. The highest BCUT2D eigenvalue weighted by molar-refractivity contribution is 5.47. The minimum absolute atomic E-state index is 0.0768. The summed E-state index contributed by atoms with van der Waals surface area (Å²) in [6.45, 7) is 1.70. The van der Waals surface area contributed by atoms with Crippen LogP contribution in [0.4, 0.5) is 0 Å². The number of aliphatic hydroxyl groups excluding tert-OH is 1. The molecule has 1 aliphatic rings. The Hall–Kier alpha value is -3.78. The number of hydrogen-bond donors (Lipinski definition) is 2. The van der Waals surface area contributed by atoms with E-state index in [1.807, 2.05) is 91.0 Å². The Morgan fingerprint density at radius 2 is 1.42 bits per heavy atom. The number of hydrogen-bond acceptors (Lipinski definition) is 5. The number of H-pyrrole nitrogens is 1. The van der Waals surface area contributed by atoms with Crippen LogP contribution in [0.3, 0.4) is 0 Å². The minimum atomic E-state index is -0.948. The Bertz CT molecular complexity index is 1320. The average molecular weight is 485 g/mol. The summed E-state index contributed by atoms with van der Waals surface area (Å²) in [5.41, 5.74) is 1.26. The predicted molar refractivity (Wildman–Crippen MR) is 136 cm³/mol. The normalized spacial score (nSPS) is 19.9.